The summed E-state index contributed by atoms with van der Waals surface area (Å²) in [5.74, 6) is 0.189. The zero-order chi connectivity index (χ0) is 25.4. The van der Waals surface area contributed by atoms with Crippen LogP contribution in [0, 0.1) is 6.92 Å². The Balaban J connectivity index is 1.81. The third kappa shape index (κ3) is 6.51. The molecule has 0 atom stereocenters. The van der Waals surface area contributed by atoms with Crippen LogP contribution in [0.1, 0.15) is 18.1 Å². The summed E-state index contributed by atoms with van der Waals surface area (Å²) in [5.41, 5.74) is 4.13. The molecule has 0 unspecified atom stereocenters. The van der Waals surface area contributed by atoms with Crippen LogP contribution < -0.4 is 19.2 Å². The smallest absolute Gasteiger partial charge is 0.264 e. The molecule has 2 N–H and O–H groups in total. The van der Waals surface area contributed by atoms with Crippen LogP contribution in [0.2, 0.25) is 0 Å². The van der Waals surface area contributed by atoms with Gasteiger partial charge in [-0.25, -0.2) is 13.8 Å². The Labute approximate surface area is 204 Å². The minimum absolute atomic E-state index is 0.00974. The van der Waals surface area contributed by atoms with E-state index < -0.39 is 22.5 Å². The lowest BCUT2D eigenvalue weighted by Crippen LogP contribution is -2.39. The maximum Gasteiger partial charge on any atom is 0.264 e. The van der Waals surface area contributed by atoms with E-state index in [2.05, 4.69) is 10.5 Å². The molecule has 0 saturated carbocycles. The van der Waals surface area contributed by atoms with Crippen LogP contribution in [0.5, 0.6) is 17.2 Å². The number of hydrazone groups is 1. The van der Waals surface area contributed by atoms with Gasteiger partial charge in [0, 0.05) is 0 Å². The van der Waals surface area contributed by atoms with E-state index in [9.17, 15) is 18.3 Å². The van der Waals surface area contributed by atoms with Crippen LogP contribution in [-0.4, -0.2) is 45.9 Å². The van der Waals surface area contributed by atoms with Gasteiger partial charge in [-0.1, -0.05) is 17.7 Å². The molecule has 0 aromatic heterocycles. The number of carbonyl (C=O) groups excluding carboxylic acids is 1. The second kappa shape index (κ2) is 11.4. The van der Waals surface area contributed by atoms with Crippen molar-refractivity contribution in [2.45, 2.75) is 18.7 Å². The fourth-order valence-corrected chi connectivity index (χ4v) is 4.55. The molecule has 0 heterocycles. The van der Waals surface area contributed by atoms with Gasteiger partial charge in [-0.3, -0.25) is 9.10 Å². The summed E-state index contributed by atoms with van der Waals surface area (Å²) in [6.07, 6.45) is 1.37. The number of benzene rings is 3. The molecule has 3 aromatic carbocycles. The van der Waals surface area contributed by atoms with Gasteiger partial charge in [-0.2, -0.15) is 5.10 Å². The van der Waals surface area contributed by atoms with Gasteiger partial charge in [-0.15, -0.1) is 0 Å². The number of hydrogen-bond acceptors (Lipinski definition) is 7. The molecule has 0 saturated heterocycles. The lowest BCUT2D eigenvalue weighted by atomic mass is 10.2. The largest absolute Gasteiger partial charge is 0.504 e. The molecule has 0 aliphatic heterocycles. The molecule has 0 spiro atoms. The van der Waals surface area contributed by atoms with Crippen LogP contribution >= 0.6 is 0 Å². The van der Waals surface area contributed by atoms with E-state index in [-0.39, 0.29) is 16.4 Å². The number of phenols is 1. The van der Waals surface area contributed by atoms with Crippen molar-refractivity contribution in [3.8, 4) is 17.2 Å². The van der Waals surface area contributed by atoms with Crippen LogP contribution in [0.3, 0.4) is 0 Å². The number of anilines is 1. The van der Waals surface area contributed by atoms with E-state index >= 15 is 0 Å². The monoisotopic (exact) mass is 497 g/mol. The van der Waals surface area contributed by atoms with Crippen LogP contribution in [0.25, 0.3) is 0 Å². The number of rotatable bonds is 10. The third-order valence-corrected chi connectivity index (χ3v) is 6.73. The highest BCUT2D eigenvalue weighted by molar-refractivity contribution is 7.92. The molecule has 0 radical (unpaired) electrons. The summed E-state index contributed by atoms with van der Waals surface area (Å²) in [6, 6.07) is 17.4. The van der Waals surface area contributed by atoms with Crippen LogP contribution in [0.15, 0.2) is 76.7 Å². The van der Waals surface area contributed by atoms with E-state index in [0.717, 1.165) is 9.87 Å². The van der Waals surface area contributed by atoms with E-state index in [4.69, 9.17) is 9.47 Å². The number of hydrogen-bond donors (Lipinski definition) is 2. The number of aromatic hydroxyl groups is 1. The maximum atomic E-state index is 13.4. The molecule has 9 nitrogen and oxygen atoms in total. The number of ether oxygens (including phenoxy) is 2. The molecule has 0 fully saturated rings. The van der Waals surface area contributed by atoms with Gasteiger partial charge in [0.1, 0.15) is 12.3 Å². The molecule has 0 bridgehead atoms. The normalized spacial score (nSPS) is 11.3. The van der Waals surface area contributed by atoms with Crippen molar-refractivity contribution in [3.63, 3.8) is 0 Å². The molecule has 35 heavy (non-hydrogen) atoms. The molecule has 0 aliphatic rings. The number of amides is 1. The highest BCUT2D eigenvalue weighted by Crippen LogP contribution is 2.27. The zero-order valence-corrected chi connectivity index (χ0v) is 20.5. The first-order valence-corrected chi connectivity index (χ1v) is 12.2. The number of methoxy groups -OCH3 is 1. The van der Waals surface area contributed by atoms with Crippen molar-refractivity contribution < 1.29 is 27.8 Å². The fraction of sp³-hybridized carbons (Fsp3) is 0.200. The number of carbonyl (C=O) groups is 1. The zero-order valence-electron chi connectivity index (χ0n) is 19.6. The van der Waals surface area contributed by atoms with Crippen LogP contribution in [0.4, 0.5) is 5.69 Å². The highest BCUT2D eigenvalue weighted by Gasteiger charge is 2.27. The standard InChI is InChI=1S/C25H27N3O6S/c1-4-34-24-15-19(7-14-23(24)29)16-26-27-25(30)17-28(20-8-10-21(33-3)11-9-20)35(31,32)22-12-5-18(2)6-13-22/h5-16,29H,4,17H2,1-3H3,(H,27,30)/b26-16-. The summed E-state index contributed by atoms with van der Waals surface area (Å²) in [6.45, 7) is 3.52. The van der Waals surface area contributed by atoms with Gasteiger partial charge in [0.2, 0.25) is 0 Å². The van der Waals surface area contributed by atoms with Crippen molar-refractivity contribution in [1.82, 2.24) is 5.43 Å². The van der Waals surface area contributed by atoms with Gasteiger partial charge in [0.25, 0.3) is 15.9 Å². The van der Waals surface area contributed by atoms with Crippen molar-refractivity contribution in [1.29, 1.82) is 0 Å². The van der Waals surface area contributed by atoms with E-state index in [1.165, 1.54) is 31.5 Å². The first kappa shape index (κ1) is 25.6. The number of nitrogens with one attached hydrogen (secondary N) is 1. The molecule has 3 rings (SSSR count). The second-order valence-electron chi connectivity index (χ2n) is 7.48. The summed E-state index contributed by atoms with van der Waals surface area (Å²) in [4.78, 5) is 12.7. The lowest BCUT2D eigenvalue weighted by Gasteiger charge is -2.24. The first-order chi connectivity index (χ1) is 16.7. The molecule has 10 heteroatoms. The number of aryl methyl sites for hydroxylation is 1. The van der Waals surface area contributed by atoms with Gasteiger partial charge >= 0.3 is 0 Å². The van der Waals surface area contributed by atoms with Gasteiger partial charge in [-0.05, 0) is 74.0 Å². The Morgan fingerprint density at radius 2 is 1.77 bits per heavy atom. The predicted molar refractivity (Wildman–Crippen MR) is 134 cm³/mol. The van der Waals surface area contributed by atoms with Gasteiger partial charge < -0.3 is 14.6 Å². The number of sulfonamides is 1. The topological polar surface area (TPSA) is 118 Å². The molecule has 1 amide bonds. The minimum Gasteiger partial charge on any atom is -0.504 e. The third-order valence-electron chi connectivity index (χ3n) is 4.94. The van der Waals surface area contributed by atoms with Crippen molar-refractivity contribution in [3.05, 3.63) is 77.9 Å². The lowest BCUT2D eigenvalue weighted by molar-refractivity contribution is -0.119. The Morgan fingerprint density at radius 1 is 1.09 bits per heavy atom. The minimum atomic E-state index is -4.04. The van der Waals surface area contributed by atoms with E-state index in [1.807, 2.05) is 6.92 Å². The number of phenolic OH excluding ortho intramolecular Hbond substituents is 1. The molecular formula is C25H27N3O6S. The summed E-state index contributed by atoms with van der Waals surface area (Å²) < 4.78 is 38.3. The Kier molecular flexibility index (Phi) is 8.32. The van der Waals surface area contributed by atoms with E-state index in [0.29, 0.717) is 23.6 Å². The summed E-state index contributed by atoms with van der Waals surface area (Å²) in [5, 5.41) is 13.7. The fourth-order valence-electron chi connectivity index (χ4n) is 3.13. The molecule has 0 aliphatic carbocycles. The number of nitrogens with zero attached hydrogens (tertiary/aromatic N) is 2. The average molecular weight is 498 g/mol. The van der Waals surface area contributed by atoms with Crippen LogP contribution in [-0.2, 0) is 14.8 Å². The van der Waals surface area contributed by atoms with Crippen molar-refractivity contribution in [2.75, 3.05) is 24.6 Å². The Morgan fingerprint density at radius 3 is 2.40 bits per heavy atom. The SMILES string of the molecule is CCOc1cc(/C=N\NC(=O)CN(c2ccc(OC)cc2)S(=O)(=O)c2ccc(C)cc2)ccc1O. The quantitative estimate of drug-likeness (QED) is 0.327. The van der Waals surface area contributed by atoms with Crippen molar-refractivity contribution >= 4 is 27.8 Å². The predicted octanol–water partition coefficient (Wildman–Crippen LogP) is 3.45. The second-order valence-corrected chi connectivity index (χ2v) is 9.34. The summed E-state index contributed by atoms with van der Waals surface area (Å²) in [7, 11) is -2.54. The molecule has 3 aromatic rings. The molecular weight excluding hydrogens is 470 g/mol. The maximum absolute atomic E-state index is 13.4. The highest BCUT2D eigenvalue weighted by atomic mass is 32.2. The van der Waals surface area contributed by atoms with E-state index in [1.54, 1.807) is 55.5 Å². The average Bonchev–Trinajstić information content (AvgIpc) is 2.85. The molecule has 184 valence electrons. The Bertz CT molecular complexity index is 1290. The first-order valence-electron chi connectivity index (χ1n) is 10.8. The summed E-state index contributed by atoms with van der Waals surface area (Å²) >= 11 is 0. The Hall–Kier alpha value is -4.05. The van der Waals surface area contributed by atoms with Gasteiger partial charge in [0.15, 0.2) is 11.5 Å². The van der Waals surface area contributed by atoms with Gasteiger partial charge in [0.05, 0.1) is 30.5 Å². The van der Waals surface area contributed by atoms with Crippen molar-refractivity contribution in [2.24, 2.45) is 5.10 Å².